The summed E-state index contributed by atoms with van der Waals surface area (Å²) < 4.78 is 0. The second-order valence-electron chi connectivity index (χ2n) is 5.44. The third-order valence-electron chi connectivity index (χ3n) is 4.45. The molecule has 2 saturated heterocycles. The lowest BCUT2D eigenvalue weighted by Crippen LogP contribution is -2.47. The molecule has 2 heteroatoms. The molecule has 0 aliphatic carbocycles. The molecule has 0 radical (unpaired) electrons. The highest BCUT2D eigenvalue weighted by Gasteiger charge is 2.44. The van der Waals surface area contributed by atoms with Crippen molar-refractivity contribution in [3.63, 3.8) is 0 Å². The van der Waals surface area contributed by atoms with E-state index in [-0.39, 0.29) is 12.0 Å². The fourth-order valence-electron chi connectivity index (χ4n) is 3.44. The van der Waals surface area contributed by atoms with Crippen LogP contribution in [0.25, 0.3) is 0 Å². The lowest BCUT2D eigenvalue weighted by Gasteiger charge is -2.35. The van der Waals surface area contributed by atoms with Gasteiger partial charge in [0.25, 0.3) is 0 Å². The van der Waals surface area contributed by atoms with Gasteiger partial charge in [-0.25, -0.2) is 0 Å². The number of carbonyl (C=O) groups is 1. The largest absolute Gasteiger partial charge is 0.298 e. The van der Waals surface area contributed by atoms with Crippen LogP contribution in [0.1, 0.15) is 24.8 Å². The predicted molar refractivity (Wildman–Crippen MR) is 67.8 cm³/mol. The van der Waals surface area contributed by atoms with Gasteiger partial charge in [-0.1, -0.05) is 30.3 Å². The molecule has 90 valence electrons. The third-order valence-corrected chi connectivity index (χ3v) is 4.45. The van der Waals surface area contributed by atoms with Gasteiger partial charge < -0.3 is 0 Å². The third kappa shape index (κ3) is 1.91. The van der Waals surface area contributed by atoms with Crippen molar-refractivity contribution in [1.82, 2.24) is 4.90 Å². The first-order valence-corrected chi connectivity index (χ1v) is 6.55. The first-order chi connectivity index (χ1) is 8.25. The van der Waals surface area contributed by atoms with E-state index in [1.54, 1.807) is 0 Å². The number of carbonyl (C=O) groups excluding carboxylic acids is 1. The van der Waals surface area contributed by atoms with Crippen LogP contribution in [0.5, 0.6) is 0 Å². The second kappa shape index (κ2) is 4.26. The number of piperidine rings is 1. The molecule has 2 fully saturated rings. The van der Waals surface area contributed by atoms with Crippen LogP contribution in [0.2, 0.25) is 0 Å². The van der Waals surface area contributed by atoms with Crippen LogP contribution in [-0.4, -0.2) is 29.8 Å². The van der Waals surface area contributed by atoms with E-state index >= 15 is 0 Å². The molecule has 3 atom stereocenters. The number of hydrogen-bond acceptors (Lipinski definition) is 2. The van der Waals surface area contributed by atoms with Crippen LogP contribution >= 0.6 is 0 Å². The van der Waals surface area contributed by atoms with Gasteiger partial charge in [0.2, 0.25) is 0 Å². The van der Waals surface area contributed by atoms with Crippen LogP contribution in [0.15, 0.2) is 30.3 Å². The van der Waals surface area contributed by atoms with Crippen LogP contribution in [0, 0.1) is 5.92 Å². The van der Waals surface area contributed by atoms with Crippen LogP contribution in [-0.2, 0) is 11.2 Å². The highest BCUT2D eigenvalue weighted by atomic mass is 16.1. The van der Waals surface area contributed by atoms with Crippen molar-refractivity contribution in [3.05, 3.63) is 35.9 Å². The summed E-state index contributed by atoms with van der Waals surface area (Å²) in [4.78, 5) is 14.7. The molecule has 2 bridgehead atoms. The Balaban J connectivity index is 1.75. The van der Waals surface area contributed by atoms with Crippen molar-refractivity contribution in [2.24, 2.45) is 5.92 Å². The molecule has 0 aromatic heterocycles. The van der Waals surface area contributed by atoms with Gasteiger partial charge in [0.05, 0.1) is 6.04 Å². The lowest BCUT2D eigenvalue weighted by molar-refractivity contribution is -0.130. The van der Waals surface area contributed by atoms with Crippen LogP contribution in [0.4, 0.5) is 0 Å². The summed E-state index contributed by atoms with van der Waals surface area (Å²) in [6.45, 7) is 0. The molecule has 2 nitrogen and oxygen atoms in total. The van der Waals surface area contributed by atoms with E-state index < -0.39 is 0 Å². The van der Waals surface area contributed by atoms with Crippen molar-refractivity contribution >= 4 is 5.78 Å². The van der Waals surface area contributed by atoms with Crippen molar-refractivity contribution < 1.29 is 4.79 Å². The molecule has 2 aliphatic heterocycles. The monoisotopic (exact) mass is 229 g/mol. The molecule has 1 aromatic rings. The number of fused-ring (bicyclic) bond motifs is 2. The zero-order valence-electron chi connectivity index (χ0n) is 10.3. The first kappa shape index (κ1) is 11.0. The zero-order chi connectivity index (χ0) is 11.8. The van der Waals surface area contributed by atoms with E-state index in [1.807, 2.05) is 6.07 Å². The van der Waals surface area contributed by atoms with Crippen LogP contribution < -0.4 is 0 Å². The number of nitrogens with zero attached hydrogens (tertiary/aromatic N) is 1. The summed E-state index contributed by atoms with van der Waals surface area (Å²) in [6, 6.07) is 11.3. The maximum Gasteiger partial charge on any atom is 0.153 e. The fraction of sp³-hybridized carbons (Fsp3) is 0.533. The average molecular weight is 229 g/mol. The SMILES string of the molecule is CN1[C@H]2CC[C@@H]1C(=O)[C@@H](Cc1ccccc1)C2. The Labute approximate surface area is 103 Å². The molecule has 2 aliphatic rings. The molecule has 0 spiro atoms. The van der Waals surface area contributed by atoms with E-state index in [2.05, 4.69) is 36.2 Å². The summed E-state index contributed by atoms with van der Waals surface area (Å²) in [6.07, 6.45) is 4.27. The fourth-order valence-corrected chi connectivity index (χ4v) is 3.44. The van der Waals surface area contributed by atoms with Crippen molar-refractivity contribution in [1.29, 1.82) is 0 Å². The van der Waals surface area contributed by atoms with E-state index in [1.165, 1.54) is 12.0 Å². The maximum atomic E-state index is 12.4. The molecule has 17 heavy (non-hydrogen) atoms. The minimum absolute atomic E-state index is 0.211. The molecule has 0 amide bonds. The number of Topliss-reactive ketones (excluding diaryl/α,β-unsaturated/α-hetero) is 1. The van der Waals surface area contributed by atoms with E-state index in [0.717, 1.165) is 19.3 Å². The minimum Gasteiger partial charge on any atom is -0.298 e. The Bertz CT molecular complexity index is 414. The second-order valence-corrected chi connectivity index (χ2v) is 5.44. The summed E-state index contributed by atoms with van der Waals surface area (Å²) in [5.74, 6) is 0.733. The molecular formula is C15H19NO. The summed E-state index contributed by atoms with van der Waals surface area (Å²) in [5.41, 5.74) is 1.30. The van der Waals surface area contributed by atoms with Crippen molar-refractivity contribution in [2.75, 3.05) is 7.05 Å². The topological polar surface area (TPSA) is 20.3 Å². The van der Waals surface area contributed by atoms with Crippen molar-refractivity contribution in [2.45, 2.75) is 37.8 Å². The van der Waals surface area contributed by atoms with E-state index in [4.69, 9.17) is 0 Å². The number of hydrogen-bond donors (Lipinski definition) is 0. The van der Waals surface area contributed by atoms with E-state index in [9.17, 15) is 4.79 Å². The molecule has 0 saturated carbocycles. The van der Waals surface area contributed by atoms with Gasteiger partial charge in [0.15, 0.2) is 5.78 Å². The lowest BCUT2D eigenvalue weighted by atomic mass is 9.85. The molecular weight excluding hydrogens is 210 g/mol. The minimum atomic E-state index is 0.211. The van der Waals surface area contributed by atoms with E-state index in [0.29, 0.717) is 11.8 Å². The number of likely N-dealkylation sites (N-methyl/N-ethyl adjacent to an activating group) is 1. The number of ketones is 1. The van der Waals surface area contributed by atoms with Gasteiger partial charge in [-0.2, -0.15) is 0 Å². The maximum absolute atomic E-state index is 12.4. The first-order valence-electron chi connectivity index (χ1n) is 6.55. The highest BCUT2D eigenvalue weighted by Crippen LogP contribution is 2.36. The van der Waals surface area contributed by atoms with Gasteiger partial charge in [0, 0.05) is 12.0 Å². The smallest absolute Gasteiger partial charge is 0.153 e. The zero-order valence-corrected chi connectivity index (χ0v) is 10.3. The Hall–Kier alpha value is -1.15. The summed E-state index contributed by atoms with van der Waals surface area (Å²) in [5, 5.41) is 0. The molecule has 3 rings (SSSR count). The van der Waals surface area contributed by atoms with Gasteiger partial charge in [-0.05, 0) is 38.3 Å². The Morgan fingerprint density at radius 2 is 2.00 bits per heavy atom. The van der Waals surface area contributed by atoms with Gasteiger partial charge in [-0.15, -0.1) is 0 Å². The van der Waals surface area contributed by atoms with Gasteiger partial charge in [-0.3, -0.25) is 9.69 Å². The van der Waals surface area contributed by atoms with Crippen molar-refractivity contribution in [3.8, 4) is 0 Å². The quantitative estimate of drug-likeness (QED) is 0.775. The Morgan fingerprint density at radius 3 is 2.76 bits per heavy atom. The normalized spacial score (nSPS) is 33.0. The number of rotatable bonds is 2. The molecule has 0 N–H and O–H groups in total. The molecule has 2 heterocycles. The Kier molecular flexibility index (Phi) is 2.75. The van der Waals surface area contributed by atoms with Crippen LogP contribution in [0.3, 0.4) is 0 Å². The number of benzene rings is 1. The highest BCUT2D eigenvalue weighted by molar-refractivity contribution is 5.88. The Morgan fingerprint density at radius 1 is 1.24 bits per heavy atom. The standard InChI is InChI=1S/C15H19NO/c1-16-13-7-8-14(16)15(17)12(10-13)9-11-5-3-2-4-6-11/h2-6,12-14H,7-10H2,1H3/t12-,13-,14+/m0/s1. The summed E-state index contributed by atoms with van der Waals surface area (Å²) >= 11 is 0. The average Bonchev–Trinajstić information content (AvgIpc) is 2.61. The molecule has 0 unspecified atom stereocenters. The summed E-state index contributed by atoms with van der Waals surface area (Å²) in [7, 11) is 2.11. The van der Waals surface area contributed by atoms with Gasteiger partial charge >= 0.3 is 0 Å². The van der Waals surface area contributed by atoms with Gasteiger partial charge in [0.1, 0.15) is 0 Å². The molecule has 1 aromatic carbocycles. The predicted octanol–water partition coefficient (Wildman–Crippen LogP) is 2.28.